The second-order valence-corrected chi connectivity index (χ2v) is 8.40. The van der Waals surface area contributed by atoms with Crippen molar-refractivity contribution in [1.29, 1.82) is 0 Å². The summed E-state index contributed by atoms with van der Waals surface area (Å²) in [6, 6.07) is 12.6. The molecule has 0 aliphatic carbocycles. The maximum atomic E-state index is 13.3. The number of anilines is 1. The third kappa shape index (κ3) is 4.17. The summed E-state index contributed by atoms with van der Waals surface area (Å²) in [5, 5.41) is 19.7. The normalized spacial score (nSPS) is 16.6. The number of amides is 1. The molecule has 0 radical (unpaired) electrons. The number of carboxylic acid groups (broad SMARTS) is 1. The average molecular weight is 423 g/mol. The maximum absolute atomic E-state index is 13.3. The Hall–Kier alpha value is -3.61. The Kier molecular flexibility index (Phi) is 5.88. The Morgan fingerprint density at radius 1 is 1.06 bits per heavy atom. The van der Waals surface area contributed by atoms with Crippen LogP contribution >= 0.6 is 0 Å². The molecule has 0 fully saturated rings. The van der Waals surface area contributed by atoms with Gasteiger partial charge in [0.15, 0.2) is 11.5 Å². The quantitative estimate of drug-likeness (QED) is 0.732. The molecule has 2 aromatic rings. The van der Waals surface area contributed by atoms with Gasteiger partial charge in [-0.15, -0.1) is 0 Å². The summed E-state index contributed by atoms with van der Waals surface area (Å²) < 4.78 is 5.47. The number of hydrogen-bond donors (Lipinski definition) is 2. The molecule has 0 aromatic heterocycles. The molecule has 1 atom stereocenters. The first-order valence-corrected chi connectivity index (χ1v) is 9.81. The van der Waals surface area contributed by atoms with Gasteiger partial charge in [-0.05, 0) is 23.8 Å². The molecule has 2 N–H and O–H groups in total. The second-order valence-electron chi connectivity index (χ2n) is 8.40. The van der Waals surface area contributed by atoms with Crippen molar-refractivity contribution in [3.63, 3.8) is 0 Å². The Bertz CT molecular complexity index is 1060. The Morgan fingerprint density at radius 2 is 1.68 bits per heavy atom. The fraction of sp³-hybridized carbons (Fsp3) is 0.292. The van der Waals surface area contributed by atoms with Crippen LogP contribution < -0.4 is 9.64 Å². The number of hydrogen-bond acceptors (Lipinski definition) is 5. The number of aliphatic hydroxyl groups excluding tert-OH is 1. The van der Waals surface area contributed by atoms with Crippen LogP contribution in [0.15, 0.2) is 59.9 Å². The van der Waals surface area contributed by atoms with Gasteiger partial charge in [-0.25, -0.2) is 0 Å². The Morgan fingerprint density at radius 3 is 2.23 bits per heavy atom. The van der Waals surface area contributed by atoms with E-state index >= 15 is 0 Å². The van der Waals surface area contributed by atoms with Gasteiger partial charge >= 0.3 is 5.97 Å². The van der Waals surface area contributed by atoms with Gasteiger partial charge in [0.2, 0.25) is 0 Å². The van der Waals surface area contributed by atoms with Crippen molar-refractivity contribution in [1.82, 2.24) is 0 Å². The number of benzene rings is 2. The van der Waals surface area contributed by atoms with Gasteiger partial charge in [0, 0.05) is 16.7 Å². The van der Waals surface area contributed by atoms with Crippen molar-refractivity contribution in [3.8, 4) is 5.75 Å². The third-order valence-electron chi connectivity index (χ3n) is 5.14. The minimum atomic E-state index is -0.964. The highest BCUT2D eigenvalue weighted by atomic mass is 16.5. The molecule has 1 heterocycles. The van der Waals surface area contributed by atoms with Crippen LogP contribution in [0.5, 0.6) is 5.75 Å². The largest absolute Gasteiger partial charge is 0.503 e. The highest BCUT2D eigenvalue weighted by Gasteiger charge is 2.47. The molecule has 162 valence electrons. The van der Waals surface area contributed by atoms with Crippen molar-refractivity contribution in [2.45, 2.75) is 33.2 Å². The van der Waals surface area contributed by atoms with E-state index in [9.17, 15) is 19.5 Å². The summed E-state index contributed by atoms with van der Waals surface area (Å²) in [6.07, 6.45) is -0.151. The van der Waals surface area contributed by atoms with Crippen molar-refractivity contribution < 1.29 is 29.3 Å². The molecule has 1 unspecified atom stereocenters. The zero-order chi connectivity index (χ0) is 22.9. The molecule has 1 aliphatic heterocycles. The topological polar surface area (TPSA) is 104 Å². The molecule has 0 spiro atoms. The molecule has 0 bridgehead atoms. The van der Waals surface area contributed by atoms with E-state index in [2.05, 4.69) is 0 Å². The number of carbonyl (C=O) groups excluding carboxylic acids is 2. The molecular weight excluding hydrogens is 398 g/mol. The monoisotopic (exact) mass is 423 g/mol. The first kappa shape index (κ1) is 22.1. The predicted octanol–water partition coefficient (Wildman–Crippen LogP) is 3.84. The summed E-state index contributed by atoms with van der Waals surface area (Å²) in [7, 11) is 1.50. The molecule has 2 aromatic carbocycles. The van der Waals surface area contributed by atoms with Crippen molar-refractivity contribution in [2.75, 3.05) is 12.0 Å². The number of aliphatic hydroxyl groups is 1. The highest BCUT2D eigenvalue weighted by molar-refractivity contribution is 6.17. The highest BCUT2D eigenvalue weighted by Crippen LogP contribution is 2.45. The zero-order valence-electron chi connectivity index (χ0n) is 17.9. The number of methoxy groups -OCH3 is 1. The van der Waals surface area contributed by atoms with Crippen molar-refractivity contribution >= 4 is 23.3 Å². The molecular formula is C24H25NO6. The standard InChI is InChI=1S/C24H25NO6/c1-24(2,3)22(29)19-20(16-7-5-6-8-17(16)31-4)25(23(30)21(19)28)15-11-9-14(10-12-15)13-18(26)27/h5-12,20,28H,13H2,1-4H3,(H,26,27). The molecule has 1 amide bonds. The summed E-state index contributed by atoms with van der Waals surface area (Å²) in [5.41, 5.74) is 0.741. The lowest BCUT2D eigenvalue weighted by atomic mass is 9.82. The first-order chi connectivity index (χ1) is 14.6. The van der Waals surface area contributed by atoms with Gasteiger partial charge in [-0.3, -0.25) is 19.3 Å². The van der Waals surface area contributed by atoms with Crippen LogP contribution in [0, 0.1) is 5.41 Å². The molecule has 7 heteroatoms. The van der Waals surface area contributed by atoms with E-state index in [0.29, 0.717) is 22.6 Å². The lowest BCUT2D eigenvalue weighted by Crippen LogP contribution is -2.33. The lowest BCUT2D eigenvalue weighted by Gasteiger charge is -2.30. The number of para-hydroxylation sites is 1. The number of rotatable bonds is 6. The molecule has 1 aliphatic rings. The van der Waals surface area contributed by atoms with E-state index in [1.165, 1.54) is 12.0 Å². The number of ketones is 1. The predicted molar refractivity (Wildman–Crippen MR) is 115 cm³/mol. The fourth-order valence-corrected chi connectivity index (χ4v) is 3.64. The van der Waals surface area contributed by atoms with Crippen LogP contribution in [-0.2, 0) is 20.8 Å². The minimum Gasteiger partial charge on any atom is -0.503 e. The summed E-state index contributed by atoms with van der Waals surface area (Å²) >= 11 is 0. The number of Topliss-reactive ketones (excluding diaryl/α,β-unsaturated/α-hetero) is 1. The van der Waals surface area contributed by atoms with Gasteiger partial charge < -0.3 is 14.9 Å². The van der Waals surface area contributed by atoms with Gasteiger partial charge in [-0.1, -0.05) is 51.1 Å². The van der Waals surface area contributed by atoms with Gasteiger partial charge in [-0.2, -0.15) is 0 Å². The van der Waals surface area contributed by atoms with E-state index in [-0.39, 0.29) is 17.8 Å². The van der Waals surface area contributed by atoms with Crippen LogP contribution in [0.2, 0.25) is 0 Å². The Balaban J connectivity index is 2.17. The smallest absolute Gasteiger partial charge is 0.307 e. The number of carboxylic acids is 1. The van der Waals surface area contributed by atoms with E-state index in [0.717, 1.165) is 0 Å². The van der Waals surface area contributed by atoms with Crippen LogP contribution in [0.4, 0.5) is 5.69 Å². The van der Waals surface area contributed by atoms with E-state index in [1.54, 1.807) is 69.3 Å². The number of nitrogens with zero attached hydrogens (tertiary/aromatic N) is 1. The SMILES string of the molecule is COc1ccccc1C1C(C(=O)C(C)(C)C)=C(O)C(=O)N1c1ccc(CC(=O)O)cc1. The van der Waals surface area contributed by atoms with Gasteiger partial charge in [0.1, 0.15) is 5.75 Å². The van der Waals surface area contributed by atoms with Gasteiger partial charge in [0.25, 0.3) is 5.91 Å². The van der Waals surface area contributed by atoms with E-state index in [4.69, 9.17) is 9.84 Å². The van der Waals surface area contributed by atoms with Crippen LogP contribution in [0.3, 0.4) is 0 Å². The number of aliphatic carboxylic acids is 1. The van der Waals surface area contributed by atoms with Crippen LogP contribution in [-0.4, -0.2) is 35.0 Å². The van der Waals surface area contributed by atoms with E-state index < -0.39 is 29.1 Å². The summed E-state index contributed by atoms with van der Waals surface area (Å²) in [6.45, 7) is 5.17. The zero-order valence-corrected chi connectivity index (χ0v) is 17.9. The molecule has 31 heavy (non-hydrogen) atoms. The summed E-state index contributed by atoms with van der Waals surface area (Å²) in [5.74, 6) is -2.13. The second kappa shape index (κ2) is 8.26. The van der Waals surface area contributed by atoms with Gasteiger partial charge in [0.05, 0.1) is 25.1 Å². The fourth-order valence-electron chi connectivity index (χ4n) is 3.64. The minimum absolute atomic E-state index is 0.0108. The molecule has 3 rings (SSSR count). The Labute approximate surface area is 180 Å². The lowest BCUT2D eigenvalue weighted by molar-refractivity contribution is -0.136. The summed E-state index contributed by atoms with van der Waals surface area (Å²) in [4.78, 5) is 38.7. The first-order valence-electron chi connectivity index (χ1n) is 9.81. The average Bonchev–Trinajstić information content (AvgIpc) is 2.97. The third-order valence-corrected chi connectivity index (χ3v) is 5.14. The van der Waals surface area contributed by atoms with Crippen molar-refractivity contribution in [3.05, 3.63) is 71.0 Å². The molecule has 0 saturated heterocycles. The van der Waals surface area contributed by atoms with Crippen LogP contribution in [0.1, 0.15) is 37.9 Å². The maximum Gasteiger partial charge on any atom is 0.307 e. The molecule has 0 saturated carbocycles. The number of ether oxygens (including phenoxy) is 1. The molecule has 7 nitrogen and oxygen atoms in total. The van der Waals surface area contributed by atoms with Crippen molar-refractivity contribution in [2.24, 2.45) is 5.41 Å². The van der Waals surface area contributed by atoms with Crippen LogP contribution in [0.25, 0.3) is 0 Å². The number of carbonyl (C=O) groups is 3. The van der Waals surface area contributed by atoms with E-state index in [1.807, 2.05) is 0 Å².